The van der Waals surface area contributed by atoms with Crippen LogP contribution in [0.25, 0.3) is 0 Å². The first kappa shape index (κ1) is 19.5. The second-order valence-corrected chi connectivity index (χ2v) is 9.93. The SMILES string of the molecule is CCOC(=O)c1cnc(S[C@@H](C)C(=O)NC23CC4CC(CC(C4)C2)C3)nc1N. The number of rotatable bonds is 6. The topological polar surface area (TPSA) is 107 Å². The molecule has 28 heavy (non-hydrogen) atoms. The Hall–Kier alpha value is -1.83. The van der Waals surface area contributed by atoms with Gasteiger partial charge in [-0.1, -0.05) is 11.8 Å². The Balaban J connectivity index is 1.38. The molecule has 7 nitrogen and oxygen atoms in total. The maximum atomic E-state index is 12.9. The largest absolute Gasteiger partial charge is 0.462 e. The minimum atomic E-state index is -0.538. The summed E-state index contributed by atoms with van der Waals surface area (Å²) in [5, 5.41) is 3.44. The molecule has 4 saturated carbocycles. The number of esters is 1. The van der Waals surface area contributed by atoms with Crippen molar-refractivity contribution < 1.29 is 14.3 Å². The number of nitrogen functional groups attached to an aromatic ring is 1. The van der Waals surface area contributed by atoms with Crippen LogP contribution in [0.1, 0.15) is 62.7 Å². The van der Waals surface area contributed by atoms with Crippen LogP contribution >= 0.6 is 11.8 Å². The summed E-state index contributed by atoms with van der Waals surface area (Å²) in [5.41, 5.74) is 6.02. The molecule has 1 aromatic heterocycles. The van der Waals surface area contributed by atoms with E-state index < -0.39 is 5.97 Å². The molecule has 0 radical (unpaired) electrons. The summed E-state index contributed by atoms with van der Waals surface area (Å²) >= 11 is 1.26. The molecular formula is C20H28N4O3S. The number of amides is 1. The number of nitrogens with zero attached hydrogens (tertiary/aromatic N) is 2. The first-order valence-electron chi connectivity index (χ1n) is 10.2. The molecule has 0 unspecified atom stereocenters. The molecule has 1 heterocycles. The van der Waals surface area contributed by atoms with Gasteiger partial charge in [0.1, 0.15) is 11.4 Å². The van der Waals surface area contributed by atoms with Gasteiger partial charge in [-0.3, -0.25) is 4.79 Å². The second-order valence-electron chi connectivity index (χ2n) is 8.62. The number of carbonyl (C=O) groups excluding carboxylic acids is 2. The molecule has 152 valence electrons. The Morgan fingerprint density at radius 2 is 1.89 bits per heavy atom. The molecule has 1 atom stereocenters. The van der Waals surface area contributed by atoms with Gasteiger partial charge in [0.05, 0.1) is 11.9 Å². The van der Waals surface area contributed by atoms with E-state index >= 15 is 0 Å². The van der Waals surface area contributed by atoms with Crippen LogP contribution in [0, 0.1) is 17.8 Å². The van der Waals surface area contributed by atoms with Crippen molar-refractivity contribution in [3.05, 3.63) is 11.8 Å². The summed E-state index contributed by atoms with van der Waals surface area (Å²) < 4.78 is 4.93. The van der Waals surface area contributed by atoms with E-state index in [1.165, 1.54) is 37.2 Å². The van der Waals surface area contributed by atoms with Crippen LogP contribution in [-0.2, 0) is 9.53 Å². The fourth-order valence-corrected chi connectivity index (χ4v) is 6.39. The maximum absolute atomic E-state index is 12.9. The minimum Gasteiger partial charge on any atom is -0.462 e. The van der Waals surface area contributed by atoms with E-state index in [2.05, 4.69) is 15.3 Å². The molecule has 0 aromatic carbocycles. The van der Waals surface area contributed by atoms with Crippen LogP contribution in [0.5, 0.6) is 0 Å². The van der Waals surface area contributed by atoms with Crippen molar-refractivity contribution in [2.45, 2.75) is 68.3 Å². The van der Waals surface area contributed by atoms with Gasteiger partial charge in [0.2, 0.25) is 5.91 Å². The van der Waals surface area contributed by atoms with Crippen LogP contribution in [-0.4, -0.2) is 39.2 Å². The van der Waals surface area contributed by atoms with Crippen molar-refractivity contribution in [3.63, 3.8) is 0 Å². The van der Waals surface area contributed by atoms with Crippen LogP contribution in [0.4, 0.5) is 5.82 Å². The zero-order valence-electron chi connectivity index (χ0n) is 16.4. The molecule has 4 aliphatic carbocycles. The van der Waals surface area contributed by atoms with Gasteiger partial charge in [-0.2, -0.15) is 0 Å². The number of hydrogen-bond donors (Lipinski definition) is 2. The molecule has 1 aromatic rings. The van der Waals surface area contributed by atoms with Crippen molar-refractivity contribution in [1.29, 1.82) is 0 Å². The molecular weight excluding hydrogens is 376 g/mol. The van der Waals surface area contributed by atoms with E-state index in [0.29, 0.717) is 5.16 Å². The summed E-state index contributed by atoms with van der Waals surface area (Å²) in [7, 11) is 0. The molecule has 5 rings (SSSR count). The highest BCUT2D eigenvalue weighted by atomic mass is 32.2. The van der Waals surface area contributed by atoms with E-state index in [4.69, 9.17) is 10.5 Å². The normalized spacial score (nSPS) is 31.4. The van der Waals surface area contributed by atoms with E-state index in [1.54, 1.807) is 6.92 Å². The van der Waals surface area contributed by atoms with Gasteiger partial charge in [-0.05, 0) is 70.1 Å². The first-order chi connectivity index (χ1) is 13.4. The summed E-state index contributed by atoms with van der Waals surface area (Å²) in [6.07, 6.45) is 8.78. The lowest BCUT2D eigenvalue weighted by Crippen LogP contribution is -2.60. The number of thioether (sulfide) groups is 1. The maximum Gasteiger partial charge on any atom is 0.343 e. The third-order valence-electron chi connectivity index (χ3n) is 6.37. The van der Waals surface area contributed by atoms with Gasteiger partial charge >= 0.3 is 5.97 Å². The fraction of sp³-hybridized carbons (Fsp3) is 0.700. The second kappa shape index (κ2) is 7.54. The van der Waals surface area contributed by atoms with E-state index in [9.17, 15) is 9.59 Å². The Bertz CT molecular complexity index is 749. The monoisotopic (exact) mass is 404 g/mol. The third-order valence-corrected chi connectivity index (χ3v) is 7.34. The zero-order valence-corrected chi connectivity index (χ0v) is 17.3. The minimum absolute atomic E-state index is 0.00565. The van der Waals surface area contributed by atoms with Crippen molar-refractivity contribution >= 4 is 29.5 Å². The molecule has 0 saturated heterocycles. The number of aromatic nitrogens is 2. The van der Waals surface area contributed by atoms with E-state index in [-0.39, 0.29) is 34.7 Å². The molecule has 4 aliphatic rings. The standard InChI is InChI=1S/C20H28N4O3S/c1-3-27-18(26)15-10-22-19(23-16(15)21)28-11(2)17(25)24-20-7-12-4-13(8-20)6-14(5-12)9-20/h10-14H,3-9H2,1-2H3,(H,24,25)(H2,21,22,23)/t11-,12?,13?,14?,20?/m0/s1. The number of nitrogens with two attached hydrogens (primary N) is 1. The Kier molecular flexibility index (Phi) is 5.24. The van der Waals surface area contributed by atoms with Gasteiger partial charge in [0.15, 0.2) is 5.16 Å². The highest BCUT2D eigenvalue weighted by molar-refractivity contribution is 8.00. The quantitative estimate of drug-likeness (QED) is 0.426. The molecule has 0 aliphatic heterocycles. The number of anilines is 1. The lowest BCUT2D eigenvalue weighted by Gasteiger charge is -2.57. The summed E-state index contributed by atoms with van der Waals surface area (Å²) in [6.45, 7) is 3.85. The highest BCUT2D eigenvalue weighted by Gasteiger charge is 2.51. The summed E-state index contributed by atoms with van der Waals surface area (Å²) in [4.78, 5) is 33.0. The van der Waals surface area contributed by atoms with Gasteiger partial charge in [0.25, 0.3) is 0 Å². The van der Waals surface area contributed by atoms with Gasteiger partial charge < -0.3 is 15.8 Å². The van der Waals surface area contributed by atoms with Crippen molar-refractivity contribution in [2.75, 3.05) is 12.3 Å². The molecule has 4 fully saturated rings. The number of nitrogens with one attached hydrogen (secondary N) is 1. The average molecular weight is 405 g/mol. The lowest BCUT2D eigenvalue weighted by atomic mass is 9.53. The predicted molar refractivity (Wildman–Crippen MR) is 107 cm³/mol. The molecule has 1 amide bonds. The Morgan fingerprint density at radius 1 is 1.29 bits per heavy atom. The van der Waals surface area contributed by atoms with Crippen molar-refractivity contribution in [2.24, 2.45) is 17.8 Å². The highest BCUT2D eigenvalue weighted by Crippen LogP contribution is 2.55. The van der Waals surface area contributed by atoms with E-state index in [1.807, 2.05) is 6.92 Å². The Labute approximate surface area is 169 Å². The van der Waals surface area contributed by atoms with E-state index in [0.717, 1.165) is 37.0 Å². The van der Waals surface area contributed by atoms with Crippen LogP contribution in [0.2, 0.25) is 0 Å². The smallest absolute Gasteiger partial charge is 0.343 e. The average Bonchev–Trinajstić information content (AvgIpc) is 2.60. The lowest BCUT2D eigenvalue weighted by molar-refractivity contribution is -0.126. The van der Waals surface area contributed by atoms with Gasteiger partial charge in [0, 0.05) is 11.7 Å². The molecule has 4 bridgehead atoms. The van der Waals surface area contributed by atoms with Crippen LogP contribution in [0.3, 0.4) is 0 Å². The molecule has 3 N–H and O–H groups in total. The van der Waals surface area contributed by atoms with Gasteiger partial charge in [-0.15, -0.1) is 0 Å². The van der Waals surface area contributed by atoms with Crippen LogP contribution in [0.15, 0.2) is 11.4 Å². The van der Waals surface area contributed by atoms with Crippen molar-refractivity contribution in [3.8, 4) is 0 Å². The summed E-state index contributed by atoms with van der Waals surface area (Å²) in [5.74, 6) is 1.92. The fourth-order valence-electron chi connectivity index (χ4n) is 5.64. The first-order valence-corrected chi connectivity index (χ1v) is 11.0. The number of carbonyl (C=O) groups is 2. The molecule has 8 heteroatoms. The number of ether oxygens (including phenoxy) is 1. The Morgan fingerprint density at radius 3 is 2.43 bits per heavy atom. The van der Waals surface area contributed by atoms with Crippen LogP contribution < -0.4 is 11.1 Å². The number of hydrogen-bond acceptors (Lipinski definition) is 7. The predicted octanol–water partition coefficient (Wildman–Crippen LogP) is 2.80. The zero-order chi connectivity index (χ0) is 19.9. The summed E-state index contributed by atoms with van der Waals surface area (Å²) in [6, 6.07) is 0. The molecule has 0 spiro atoms. The van der Waals surface area contributed by atoms with Gasteiger partial charge in [-0.25, -0.2) is 14.8 Å². The third kappa shape index (κ3) is 3.83. The van der Waals surface area contributed by atoms with Crippen molar-refractivity contribution in [1.82, 2.24) is 15.3 Å².